The van der Waals surface area contributed by atoms with Gasteiger partial charge in [0.1, 0.15) is 0 Å². The molecule has 0 saturated heterocycles. The lowest BCUT2D eigenvalue weighted by Gasteiger charge is -2.21. The summed E-state index contributed by atoms with van der Waals surface area (Å²) in [6.45, 7) is 4.03. The van der Waals surface area contributed by atoms with E-state index in [0.717, 1.165) is 16.8 Å². The summed E-state index contributed by atoms with van der Waals surface area (Å²) in [5, 5.41) is 5.18. The Morgan fingerprint density at radius 3 is 1.95 bits per heavy atom. The van der Waals surface area contributed by atoms with Crippen molar-refractivity contribution in [2.75, 3.05) is 17.7 Å². The molecule has 0 radical (unpaired) electrons. The van der Waals surface area contributed by atoms with Gasteiger partial charge in [-0.05, 0) is 55.3 Å². The molecule has 6 heteroatoms. The van der Waals surface area contributed by atoms with Gasteiger partial charge in [0.25, 0.3) is 0 Å². The van der Waals surface area contributed by atoms with E-state index in [0.29, 0.717) is 11.4 Å². The zero-order valence-electron chi connectivity index (χ0n) is 12.3. The molecule has 0 aliphatic rings. The monoisotopic (exact) mass is 305 g/mol. The molecule has 21 heavy (non-hydrogen) atoms. The van der Waals surface area contributed by atoms with Crippen LogP contribution in [-0.4, -0.2) is 15.5 Å². The molecule has 0 fully saturated rings. The molecule has 0 aliphatic heterocycles. The Kier molecular flexibility index (Phi) is 3.93. The lowest BCUT2D eigenvalue weighted by Crippen LogP contribution is -2.15. The van der Waals surface area contributed by atoms with Crippen molar-refractivity contribution in [2.24, 2.45) is 5.14 Å². The van der Waals surface area contributed by atoms with E-state index in [1.54, 1.807) is 6.07 Å². The average molecular weight is 305 g/mol. The van der Waals surface area contributed by atoms with Crippen LogP contribution in [0.5, 0.6) is 0 Å². The van der Waals surface area contributed by atoms with E-state index in [1.165, 1.54) is 12.1 Å². The number of nitrogen functional groups attached to an aromatic ring is 1. The van der Waals surface area contributed by atoms with E-state index in [2.05, 4.69) is 6.07 Å². The summed E-state index contributed by atoms with van der Waals surface area (Å²) in [5.41, 5.74) is 10.0. The van der Waals surface area contributed by atoms with Crippen LogP contribution in [0.4, 0.5) is 17.1 Å². The molecule has 2 aromatic rings. The van der Waals surface area contributed by atoms with Gasteiger partial charge >= 0.3 is 0 Å². The summed E-state index contributed by atoms with van der Waals surface area (Å²) < 4.78 is 23.0. The number of sulfonamides is 1. The lowest BCUT2D eigenvalue weighted by molar-refractivity contribution is 0.598. The van der Waals surface area contributed by atoms with Crippen LogP contribution in [0.25, 0.3) is 0 Å². The maximum Gasteiger partial charge on any atom is 0.238 e. The van der Waals surface area contributed by atoms with Gasteiger partial charge < -0.3 is 10.6 Å². The Labute approximate surface area is 125 Å². The Morgan fingerprint density at radius 2 is 1.43 bits per heavy atom. The summed E-state index contributed by atoms with van der Waals surface area (Å²) in [4.78, 5) is 1.89. The van der Waals surface area contributed by atoms with Gasteiger partial charge in [-0.2, -0.15) is 0 Å². The SMILES string of the molecule is Cc1cc(C)cc(N(C)c2cc(N)cc(S(N)(=O)=O)c2)c1. The fraction of sp³-hybridized carbons (Fsp3) is 0.200. The lowest BCUT2D eigenvalue weighted by atomic mass is 10.1. The fourth-order valence-electron chi connectivity index (χ4n) is 2.26. The van der Waals surface area contributed by atoms with Crippen molar-refractivity contribution in [1.82, 2.24) is 0 Å². The first-order valence-electron chi connectivity index (χ1n) is 6.42. The molecule has 112 valence electrons. The molecule has 4 N–H and O–H groups in total. The van der Waals surface area contributed by atoms with Gasteiger partial charge in [0.15, 0.2) is 0 Å². The van der Waals surface area contributed by atoms with Crippen molar-refractivity contribution >= 4 is 27.1 Å². The van der Waals surface area contributed by atoms with E-state index in [4.69, 9.17) is 10.9 Å². The minimum Gasteiger partial charge on any atom is -0.399 e. The second-order valence-electron chi connectivity index (χ2n) is 5.21. The van der Waals surface area contributed by atoms with Crippen LogP contribution in [0.2, 0.25) is 0 Å². The molecule has 0 heterocycles. The number of aryl methyl sites for hydroxylation is 2. The first-order chi connectivity index (χ1) is 9.66. The summed E-state index contributed by atoms with van der Waals surface area (Å²) in [5.74, 6) is 0. The first kappa shape index (κ1) is 15.3. The third kappa shape index (κ3) is 3.53. The van der Waals surface area contributed by atoms with Crippen LogP contribution >= 0.6 is 0 Å². The fourth-order valence-corrected chi connectivity index (χ4v) is 2.84. The maximum absolute atomic E-state index is 11.5. The van der Waals surface area contributed by atoms with Gasteiger partial charge in [-0.3, -0.25) is 0 Å². The second kappa shape index (κ2) is 5.38. The highest BCUT2D eigenvalue weighted by Gasteiger charge is 2.13. The van der Waals surface area contributed by atoms with Crippen LogP contribution in [0.15, 0.2) is 41.3 Å². The molecule has 5 nitrogen and oxygen atoms in total. The van der Waals surface area contributed by atoms with Gasteiger partial charge in [0, 0.05) is 24.1 Å². The van der Waals surface area contributed by atoms with Gasteiger partial charge in [0.2, 0.25) is 10.0 Å². The van der Waals surface area contributed by atoms with Crippen LogP contribution in [0.3, 0.4) is 0 Å². The van der Waals surface area contributed by atoms with Crippen LogP contribution in [0, 0.1) is 13.8 Å². The third-order valence-corrected chi connectivity index (χ3v) is 4.12. The molecule has 0 bridgehead atoms. The molecule has 0 amide bonds. The number of benzene rings is 2. The zero-order valence-corrected chi connectivity index (χ0v) is 13.1. The normalized spacial score (nSPS) is 11.4. The van der Waals surface area contributed by atoms with Crippen LogP contribution in [0.1, 0.15) is 11.1 Å². The minimum absolute atomic E-state index is 0.00808. The molecule has 2 rings (SSSR count). The summed E-state index contributed by atoms with van der Waals surface area (Å²) in [7, 11) is -1.93. The molecule has 0 aliphatic carbocycles. The highest BCUT2D eigenvalue weighted by atomic mass is 32.2. The van der Waals surface area contributed by atoms with E-state index < -0.39 is 10.0 Å². The summed E-state index contributed by atoms with van der Waals surface area (Å²) in [6, 6.07) is 10.7. The quantitative estimate of drug-likeness (QED) is 0.851. The number of nitrogens with two attached hydrogens (primary N) is 2. The van der Waals surface area contributed by atoms with Gasteiger partial charge in [-0.1, -0.05) is 6.07 Å². The minimum atomic E-state index is -3.79. The predicted octanol–water partition coefficient (Wildman–Crippen LogP) is 2.30. The molecule has 0 aromatic heterocycles. The van der Waals surface area contributed by atoms with Gasteiger partial charge in [0.05, 0.1) is 4.90 Å². The van der Waals surface area contributed by atoms with E-state index >= 15 is 0 Å². The van der Waals surface area contributed by atoms with Gasteiger partial charge in [-0.15, -0.1) is 0 Å². The number of nitrogens with zero attached hydrogens (tertiary/aromatic N) is 1. The van der Waals surface area contributed by atoms with Crippen molar-refractivity contribution in [1.29, 1.82) is 0 Å². The summed E-state index contributed by atoms with van der Waals surface area (Å²) in [6.07, 6.45) is 0. The molecular formula is C15H19N3O2S. The Bertz CT molecular complexity index is 765. The number of hydrogen-bond acceptors (Lipinski definition) is 4. The zero-order chi connectivity index (χ0) is 15.8. The molecule has 0 spiro atoms. The van der Waals surface area contributed by atoms with E-state index in [-0.39, 0.29) is 4.90 Å². The smallest absolute Gasteiger partial charge is 0.238 e. The van der Waals surface area contributed by atoms with Crippen LogP contribution in [-0.2, 0) is 10.0 Å². The number of anilines is 3. The van der Waals surface area contributed by atoms with E-state index in [1.807, 2.05) is 37.9 Å². The largest absolute Gasteiger partial charge is 0.399 e. The van der Waals surface area contributed by atoms with Crippen molar-refractivity contribution in [3.8, 4) is 0 Å². The van der Waals surface area contributed by atoms with Gasteiger partial charge in [-0.25, -0.2) is 13.6 Å². The van der Waals surface area contributed by atoms with E-state index in [9.17, 15) is 8.42 Å². The molecule has 2 aromatic carbocycles. The number of hydrogen-bond donors (Lipinski definition) is 2. The third-order valence-electron chi connectivity index (χ3n) is 3.22. The molecular weight excluding hydrogens is 286 g/mol. The van der Waals surface area contributed by atoms with Crippen LogP contribution < -0.4 is 15.8 Å². The van der Waals surface area contributed by atoms with Crippen molar-refractivity contribution in [3.63, 3.8) is 0 Å². The molecule has 0 saturated carbocycles. The van der Waals surface area contributed by atoms with Crippen molar-refractivity contribution in [2.45, 2.75) is 18.7 Å². The summed E-state index contributed by atoms with van der Waals surface area (Å²) >= 11 is 0. The second-order valence-corrected chi connectivity index (χ2v) is 6.77. The Hall–Kier alpha value is -2.05. The highest BCUT2D eigenvalue weighted by molar-refractivity contribution is 7.89. The first-order valence-corrected chi connectivity index (χ1v) is 7.97. The highest BCUT2D eigenvalue weighted by Crippen LogP contribution is 2.29. The molecule has 0 unspecified atom stereocenters. The van der Waals surface area contributed by atoms with Crippen molar-refractivity contribution < 1.29 is 8.42 Å². The molecule has 0 atom stereocenters. The number of primary sulfonamides is 1. The Morgan fingerprint density at radius 1 is 0.905 bits per heavy atom. The van der Waals surface area contributed by atoms with Crippen molar-refractivity contribution in [3.05, 3.63) is 47.5 Å². The average Bonchev–Trinajstić information content (AvgIpc) is 2.35. The topological polar surface area (TPSA) is 89.4 Å². The predicted molar refractivity (Wildman–Crippen MR) is 86.2 cm³/mol. The Balaban J connectivity index is 2.53. The number of rotatable bonds is 3. The maximum atomic E-state index is 11.5. The standard InChI is InChI=1S/C15H19N3O2S/c1-10-4-11(2)6-13(5-10)18(3)14-7-12(16)8-15(9-14)21(17,19)20/h4-9H,16H2,1-3H3,(H2,17,19,20).